The number of carbonyl (C=O) groups excluding carboxylic acids is 1. The number of hydrogen-bond acceptors (Lipinski definition) is 6. The van der Waals surface area contributed by atoms with Crippen LogP contribution >= 0.6 is 0 Å². The van der Waals surface area contributed by atoms with Crippen molar-refractivity contribution in [2.24, 2.45) is 11.8 Å². The first-order valence-corrected chi connectivity index (χ1v) is 17.9. The fourth-order valence-corrected chi connectivity index (χ4v) is 6.65. The van der Waals surface area contributed by atoms with Crippen LogP contribution < -0.4 is 0 Å². The van der Waals surface area contributed by atoms with Gasteiger partial charge in [-0.3, -0.25) is 4.79 Å². The minimum absolute atomic E-state index is 0.0207. The Hall–Kier alpha value is -2.57. The molecule has 2 aliphatic rings. The molecule has 0 saturated carbocycles. The molecule has 6 heteroatoms. The normalized spacial score (nSPS) is 20.2. The molecule has 2 fully saturated rings. The first-order valence-electron chi connectivity index (χ1n) is 17.9. The van der Waals surface area contributed by atoms with Crippen LogP contribution in [0.5, 0.6) is 11.5 Å². The summed E-state index contributed by atoms with van der Waals surface area (Å²) < 4.78 is 16.5. The van der Waals surface area contributed by atoms with Crippen LogP contribution in [0.15, 0.2) is 24.3 Å². The maximum absolute atomic E-state index is 11.7. The van der Waals surface area contributed by atoms with E-state index in [9.17, 15) is 15.0 Å². The molecule has 2 heterocycles. The summed E-state index contributed by atoms with van der Waals surface area (Å²) >= 11 is 0. The molecule has 4 unspecified atom stereocenters. The van der Waals surface area contributed by atoms with Crippen molar-refractivity contribution in [1.29, 1.82) is 0 Å². The number of hydrogen-bond donors (Lipinski definition) is 2. The smallest absolute Gasteiger partial charge is 0.305 e. The topological polar surface area (TPSA) is 91.8 Å². The Bertz CT molecular complexity index is 1190. The van der Waals surface area contributed by atoms with E-state index in [0.29, 0.717) is 54.9 Å². The molecular formula is C40H62O6. The quantitative estimate of drug-likeness (QED) is 0.102. The zero-order valence-electron chi connectivity index (χ0n) is 30.2. The SMILES string of the molecule is CCC(CC)COC(=O)CCCCCCCC1OC1CC1OC1C.Cc1cc(C)c(O)c(C(c2cc(C)cc(C)c2O)C(C)C)c1. The second-order valence-electron chi connectivity index (χ2n) is 14.3. The second-order valence-corrected chi connectivity index (χ2v) is 14.3. The minimum Gasteiger partial charge on any atom is -0.507 e. The van der Waals surface area contributed by atoms with E-state index in [2.05, 4.69) is 34.6 Å². The van der Waals surface area contributed by atoms with Gasteiger partial charge in [-0.15, -0.1) is 0 Å². The molecule has 4 rings (SSSR count). The third-order valence-corrected chi connectivity index (χ3v) is 9.78. The highest BCUT2D eigenvalue weighted by molar-refractivity contribution is 5.69. The summed E-state index contributed by atoms with van der Waals surface area (Å²) in [5.74, 6) is 1.41. The number of esters is 1. The summed E-state index contributed by atoms with van der Waals surface area (Å²) in [6.45, 7) is 19.2. The molecule has 46 heavy (non-hydrogen) atoms. The van der Waals surface area contributed by atoms with Gasteiger partial charge in [-0.1, -0.05) is 102 Å². The predicted molar refractivity (Wildman–Crippen MR) is 187 cm³/mol. The van der Waals surface area contributed by atoms with E-state index >= 15 is 0 Å². The lowest BCUT2D eigenvalue weighted by Crippen LogP contribution is -2.12. The van der Waals surface area contributed by atoms with E-state index in [1.165, 1.54) is 25.7 Å². The number of ether oxygens (including phenoxy) is 3. The first-order chi connectivity index (χ1) is 21.9. The highest BCUT2D eigenvalue weighted by Crippen LogP contribution is 2.43. The zero-order valence-corrected chi connectivity index (χ0v) is 30.2. The molecule has 6 nitrogen and oxygen atoms in total. The molecule has 2 saturated heterocycles. The molecule has 0 amide bonds. The molecule has 2 aliphatic heterocycles. The van der Waals surface area contributed by atoms with Crippen LogP contribution in [-0.2, 0) is 19.0 Å². The average Bonchev–Trinajstić information content (AvgIpc) is 3.92. The zero-order chi connectivity index (χ0) is 34.0. The minimum atomic E-state index is -0.0304. The van der Waals surface area contributed by atoms with Crippen LogP contribution in [0.4, 0.5) is 0 Å². The van der Waals surface area contributed by atoms with Crippen molar-refractivity contribution in [1.82, 2.24) is 0 Å². The first kappa shape index (κ1) is 37.9. The fourth-order valence-electron chi connectivity index (χ4n) is 6.65. The molecule has 0 bridgehead atoms. The molecule has 0 radical (unpaired) electrons. The highest BCUT2D eigenvalue weighted by Gasteiger charge is 2.45. The van der Waals surface area contributed by atoms with Crippen molar-refractivity contribution in [3.63, 3.8) is 0 Å². The van der Waals surface area contributed by atoms with Gasteiger partial charge >= 0.3 is 5.97 Å². The fraction of sp³-hybridized carbons (Fsp3) is 0.675. The van der Waals surface area contributed by atoms with E-state index < -0.39 is 0 Å². The summed E-state index contributed by atoms with van der Waals surface area (Å²) in [7, 11) is 0. The van der Waals surface area contributed by atoms with Gasteiger partial charge in [0.2, 0.25) is 0 Å². The Balaban J connectivity index is 0.000000251. The van der Waals surface area contributed by atoms with Crippen molar-refractivity contribution in [2.45, 2.75) is 157 Å². The van der Waals surface area contributed by atoms with E-state index in [1.807, 2.05) is 52.0 Å². The number of epoxide rings is 2. The van der Waals surface area contributed by atoms with Gasteiger partial charge in [0.25, 0.3) is 0 Å². The lowest BCUT2D eigenvalue weighted by molar-refractivity contribution is -0.145. The average molecular weight is 639 g/mol. The van der Waals surface area contributed by atoms with Crippen LogP contribution in [0.3, 0.4) is 0 Å². The third kappa shape index (κ3) is 11.6. The van der Waals surface area contributed by atoms with Gasteiger partial charge in [-0.25, -0.2) is 0 Å². The Labute approximate surface area is 279 Å². The Morgan fingerprint density at radius 3 is 1.80 bits per heavy atom. The van der Waals surface area contributed by atoms with Crippen molar-refractivity contribution >= 4 is 5.97 Å². The van der Waals surface area contributed by atoms with E-state index in [0.717, 1.165) is 65.5 Å². The van der Waals surface area contributed by atoms with Gasteiger partial charge in [0.15, 0.2) is 0 Å². The number of phenolic OH excluding ortho intramolecular Hbond substituents is 2. The van der Waals surface area contributed by atoms with E-state index in [1.54, 1.807) is 0 Å². The van der Waals surface area contributed by atoms with Crippen molar-refractivity contribution < 1.29 is 29.2 Å². The van der Waals surface area contributed by atoms with Crippen LogP contribution in [0, 0.1) is 39.5 Å². The van der Waals surface area contributed by atoms with Crippen LogP contribution in [0.2, 0.25) is 0 Å². The summed E-state index contributed by atoms with van der Waals surface area (Å²) in [6.07, 6.45) is 12.7. The molecule has 2 aromatic rings. The summed E-state index contributed by atoms with van der Waals surface area (Å²) in [5, 5.41) is 21.1. The van der Waals surface area contributed by atoms with Gasteiger partial charge in [-0.05, 0) is 70.4 Å². The number of phenols is 2. The molecule has 0 aromatic heterocycles. The monoisotopic (exact) mass is 638 g/mol. The Kier molecular flexibility index (Phi) is 14.9. The van der Waals surface area contributed by atoms with Crippen molar-refractivity contribution in [3.05, 3.63) is 57.6 Å². The highest BCUT2D eigenvalue weighted by atomic mass is 16.6. The van der Waals surface area contributed by atoms with Crippen molar-refractivity contribution in [3.8, 4) is 11.5 Å². The van der Waals surface area contributed by atoms with E-state index in [-0.39, 0.29) is 17.8 Å². The lowest BCUT2D eigenvalue weighted by atomic mass is 9.79. The molecule has 0 aliphatic carbocycles. The number of carbonyl (C=O) groups is 1. The van der Waals surface area contributed by atoms with Gasteiger partial charge in [0, 0.05) is 29.9 Å². The van der Waals surface area contributed by atoms with Gasteiger partial charge in [0.05, 0.1) is 31.0 Å². The summed E-state index contributed by atoms with van der Waals surface area (Å²) in [4.78, 5) is 11.7. The number of aryl methyl sites for hydroxylation is 4. The Morgan fingerprint density at radius 2 is 1.30 bits per heavy atom. The molecular weight excluding hydrogens is 576 g/mol. The molecule has 2 aromatic carbocycles. The summed E-state index contributed by atoms with van der Waals surface area (Å²) in [5.41, 5.74) is 5.80. The molecule has 2 N–H and O–H groups in total. The van der Waals surface area contributed by atoms with Crippen LogP contribution in [-0.4, -0.2) is 47.2 Å². The number of aromatic hydroxyl groups is 2. The molecule has 4 atom stereocenters. The largest absolute Gasteiger partial charge is 0.507 e. The molecule has 0 spiro atoms. The van der Waals surface area contributed by atoms with Crippen molar-refractivity contribution in [2.75, 3.05) is 6.61 Å². The number of benzene rings is 2. The predicted octanol–water partition coefficient (Wildman–Crippen LogP) is 9.76. The maximum Gasteiger partial charge on any atom is 0.305 e. The number of rotatable bonds is 17. The van der Waals surface area contributed by atoms with Gasteiger partial charge < -0.3 is 24.4 Å². The standard InChI is InChI=1S/C20H36O4.C20H26O2/c1-4-16(5-2)14-22-20(21)12-10-8-6-7-9-11-17-19(24-17)13-18-15(3)23-18;1-11(2)18(16-9-12(3)7-14(5)19(16)21)17-10-13(4)8-15(6)20(17)22/h15-19H,4-14H2,1-3H3;7-11,18,21-22H,1-6H3. The third-order valence-electron chi connectivity index (χ3n) is 9.78. The lowest BCUT2D eigenvalue weighted by Gasteiger charge is -2.26. The van der Waals surface area contributed by atoms with Gasteiger partial charge in [0.1, 0.15) is 11.5 Å². The maximum atomic E-state index is 11.7. The number of unbranched alkanes of at least 4 members (excludes halogenated alkanes) is 4. The second kappa shape index (κ2) is 18.1. The Morgan fingerprint density at radius 1 is 0.783 bits per heavy atom. The van der Waals surface area contributed by atoms with Crippen LogP contribution in [0.1, 0.15) is 138 Å². The molecule has 258 valence electrons. The van der Waals surface area contributed by atoms with E-state index in [4.69, 9.17) is 14.2 Å². The summed E-state index contributed by atoms with van der Waals surface area (Å²) in [6, 6.07) is 8.03. The van der Waals surface area contributed by atoms with Crippen LogP contribution in [0.25, 0.3) is 0 Å². The van der Waals surface area contributed by atoms with Gasteiger partial charge in [-0.2, -0.15) is 0 Å².